The molecule has 0 fully saturated rings. The third kappa shape index (κ3) is 11.3. The Morgan fingerprint density at radius 3 is 1.22 bits per heavy atom. The van der Waals surface area contributed by atoms with Gasteiger partial charge < -0.3 is 11.5 Å². The van der Waals surface area contributed by atoms with Crippen LogP contribution in [0.15, 0.2) is 59.0 Å². The molecule has 0 aromatic carbocycles. The average Bonchev–Trinajstić information content (AvgIpc) is 2.90. The van der Waals surface area contributed by atoms with E-state index in [1.54, 1.807) is 49.1 Å². The summed E-state index contributed by atoms with van der Waals surface area (Å²) in [5, 5.41) is 18.7. The van der Waals surface area contributed by atoms with Crippen LogP contribution in [0.25, 0.3) is 0 Å². The molecule has 4 N–H and O–H groups in total. The summed E-state index contributed by atoms with van der Waals surface area (Å²) < 4.78 is 0. The number of hydrogen-bond acceptors (Lipinski definition) is 6. The van der Waals surface area contributed by atoms with E-state index >= 15 is 0 Å². The fraction of sp³-hybridized carbons (Fsp3) is 0.462. The molecule has 0 spiro atoms. The lowest BCUT2D eigenvalue weighted by atomic mass is 10.1. The third-order valence-corrected chi connectivity index (χ3v) is 5.62. The molecule has 10 nitrogen and oxygen atoms in total. The van der Waals surface area contributed by atoms with E-state index in [9.17, 15) is 10.5 Å². The van der Waals surface area contributed by atoms with Gasteiger partial charge in [-0.2, -0.15) is 10.5 Å². The zero-order chi connectivity index (χ0) is 25.8. The molecule has 0 aliphatic heterocycles. The van der Waals surface area contributed by atoms with Gasteiger partial charge in [0.15, 0.2) is 12.4 Å². The Hall–Kier alpha value is -4.18. The van der Waals surface area contributed by atoms with Crippen LogP contribution in [-0.2, 0) is 0 Å². The van der Waals surface area contributed by atoms with Gasteiger partial charge in [0.2, 0.25) is 11.9 Å². The number of nitrogens with two attached hydrogens (primary N) is 2. The van der Waals surface area contributed by atoms with Gasteiger partial charge in [-0.05, 0) is 37.1 Å². The van der Waals surface area contributed by atoms with Crippen LogP contribution in [0, 0.1) is 22.9 Å². The summed E-state index contributed by atoms with van der Waals surface area (Å²) in [6.07, 6.45) is 21.8. The average molecular weight is 489 g/mol. The predicted octanol–water partition coefficient (Wildman–Crippen LogP) is 4.54. The Balaban J connectivity index is 1.48. The summed E-state index contributed by atoms with van der Waals surface area (Å²) in [6, 6.07) is 7.00. The van der Waals surface area contributed by atoms with Crippen molar-refractivity contribution in [2.45, 2.75) is 64.2 Å². The number of hydrogen-bond donors (Lipinski definition) is 2. The van der Waals surface area contributed by atoms with Crippen molar-refractivity contribution in [1.82, 2.24) is 19.8 Å². The molecule has 2 aromatic rings. The number of aromatic nitrogens is 2. The lowest BCUT2D eigenvalue weighted by Crippen LogP contribution is -2.34. The van der Waals surface area contributed by atoms with Gasteiger partial charge in [0.25, 0.3) is 0 Å². The Labute approximate surface area is 214 Å². The van der Waals surface area contributed by atoms with E-state index in [1.165, 1.54) is 35.5 Å². The minimum atomic E-state index is 0.213. The number of unbranched alkanes of at least 4 members (excludes halogenated alkanes) is 9. The number of aliphatic imine (C=N–C) groups is 2. The standard InChI is InChI=1S/C26H36N10/c27-21-35(25(29)33-23-11-15-31-16-12-23)19-9-7-5-3-1-2-4-6-8-10-20-36(22-28)26(30)34-24-13-17-32-18-14-24/h11-18H,1-10,19-20H2,(H2,29,31,33)(H2,30,32,34). The summed E-state index contributed by atoms with van der Waals surface area (Å²) in [5.41, 5.74) is 13.3. The van der Waals surface area contributed by atoms with Crippen molar-refractivity contribution >= 4 is 23.3 Å². The number of pyridine rings is 2. The summed E-state index contributed by atoms with van der Waals surface area (Å²) in [7, 11) is 0. The third-order valence-electron chi connectivity index (χ3n) is 5.62. The van der Waals surface area contributed by atoms with Crippen LogP contribution in [0.5, 0.6) is 0 Å². The fourth-order valence-corrected chi connectivity index (χ4v) is 3.61. The molecule has 0 saturated carbocycles. The Kier molecular flexibility index (Phi) is 13.5. The maximum absolute atomic E-state index is 9.34. The van der Waals surface area contributed by atoms with Gasteiger partial charge in [-0.15, -0.1) is 0 Å². The Bertz CT molecular complexity index is 925. The molecular weight excluding hydrogens is 452 g/mol. The first-order valence-electron chi connectivity index (χ1n) is 12.5. The van der Waals surface area contributed by atoms with Crippen molar-refractivity contribution < 1.29 is 0 Å². The molecule has 0 unspecified atom stereocenters. The second-order valence-electron chi connectivity index (χ2n) is 8.39. The van der Waals surface area contributed by atoms with Gasteiger partial charge >= 0.3 is 0 Å². The predicted molar refractivity (Wildman–Crippen MR) is 142 cm³/mol. The van der Waals surface area contributed by atoms with Crippen LogP contribution in [0.3, 0.4) is 0 Å². The minimum absolute atomic E-state index is 0.213. The molecule has 190 valence electrons. The Morgan fingerprint density at radius 1 is 0.611 bits per heavy atom. The number of nitrogens with zero attached hydrogens (tertiary/aromatic N) is 8. The van der Waals surface area contributed by atoms with Gasteiger partial charge in [0.1, 0.15) is 0 Å². The van der Waals surface area contributed by atoms with Gasteiger partial charge in [-0.3, -0.25) is 9.97 Å². The van der Waals surface area contributed by atoms with Gasteiger partial charge in [-0.25, -0.2) is 19.8 Å². The molecule has 0 aliphatic carbocycles. The first kappa shape index (κ1) is 28.1. The maximum Gasteiger partial charge on any atom is 0.209 e. The van der Waals surface area contributed by atoms with Crippen LogP contribution >= 0.6 is 0 Å². The monoisotopic (exact) mass is 488 g/mol. The minimum Gasteiger partial charge on any atom is -0.369 e. The molecule has 0 saturated heterocycles. The van der Waals surface area contributed by atoms with Crippen LogP contribution in [-0.4, -0.2) is 44.8 Å². The van der Waals surface area contributed by atoms with Gasteiger partial charge in [-0.1, -0.05) is 51.4 Å². The van der Waals surface area contributed by atoms with Gasteiger partial charge in [0, 0.05) is 37.9 Å². The molecule has 10 heteroatoms. The van der Waals surface area contributed by atoms with E-state index in [4.69, 9.17) is 11.5 Å². The zero-order valence-electron chi connectivity index (χ0n) is 20.8. The number of nitriles is 2. The number of guanidine groups is 2. The molecule has 0 radical (unpaired) electrons. The molecule has 0 bridgehead atoms. The van der Waals surface area contributed by atoms with Crippen LogP contribution in [0.4, 0.5) is 11.4 Å². The van der Waals surface area contributed by atoms with Crippen molar-refractivity contribution in [1.29, 1.82) is 10.5 Å². The van der Waals surface area contributed by atoms with Crippen molar-refractivity contribution in [2.75, 3.05) is 13.1 Å². The zero-order valence-corrected chi connectivity index (χ0v) is 20.8. The van der Waals surface area contributed by atoms with E-state index in [1.807, 2.05) is 0 Å². The Morgan fingerprint density at radius 2 is 0.917 bits per heavy atom. The second-order valence-corrected chi connectivity index (χ2v) is 8.39. The normalized spacial score (nSPS) is 11.5. The number of rotatable bonds is 15. The van der Waals surface area contributed by atoms with Gasteiger partial charge in [0.05, 0.1) is 11.4 Å². The first-order chi connectivity index (χ1) is 17.6. The quantitative estimate of drug-likeness (QED) is 0.122. The lowest BCUT2D eigenvalue weighted by Gasteiger charge is -2.14. The molecular formula is C26H36N10. The molecule has 0 atom stereocenters. The molecule has 2 rings (SSSR count). The molecule has 0 amide bonds. The topological polar surface area (TPSA) is 157 Å². The van der Waals surface area contributed by atoms with E-state index in [0.717, 1.165) is 38.5 Å². The van der Waals surface area contributed by atoms with Crippen LogP contribution in [0.2, 0.25) is 0 Å². The summed E-state index contributed by atoms with van der Waals surface area (Å²) in [6.45, 7) is 1.16. The van der Waals surface area contributed by atoms with Crippen molar-refractivity contribution in [2.24, 2.45) is 21.5 Å². The maximum atomic E-state index is 9.34. The highest BCUT2D eigenvalue weighted by atomic mass is 15.2. The van der Waals surface area contributed by atoms with Crippen LogP contribution < -0.4 is 11.5 Å². The second kappa shape index (κ2) is 17.3. The smallest absolute Gasteiger partial charge is 0.209 e. The van der Waals surface area contributed by atoms with E-state index < -0.39 is 0 Å². The van der Waals surface area contributed by atoms with E-state index in [-0.39, 0.29) is 11.9 Å². The van der Waals surface area contributed by atoms with Crippen molar-refractivity contribution in [3.8, 4) is 12.4 Å². The largest absolute Gasteiger partial charge is 0.369 e. The highest BCUT2D eigenvalue weighted by molar-refractivity contribution is 5.82. The fourth-order valence-electron chi connectivity index (χ4n) is 3.61. The highest BCUT2D eigenvalue weighted by Crippen LogP contribution is 2.13. The summed E-state index contributed by atoms with van der Waals surface area (Å²) >= 11 is 0. The highest BCUT2D eigenvalue weighted by Gasteiger charge is 2.08. The van der Waals surface area contributed by atoms with E-state index in [0.29, 0.717) is 24.5 Å². The molecule has 2 aromatic heterocycles. The molecule has 0 aliphatic rings. The summed E-state index contributed by atoms with van der Waals surface area (Å²) in [5.74, 6) is 0.426. The SMILES string of the molecule is N#CN(CCCCCCCCCCCCN(C#N)C(N)=Nc1ccncc1)C(N)=Nc1ccncc1. The lowest BCUT2D eigenvalue weighted by molar-refractivity contribution is 0.490. The molecule has 36 heavy (non-hydrogen) atoms. The van der Waals surface area contributed by atoms with Crippen molar-refractivity contribution in [3.63, 3.8) is 0 Å². The summed E-state index contributed by atoms with van der Waals surface area (Å²) in [4.78, 5) is 19.3. The molecule has 2 heterocycles. The van der Waals surface area contributed by atoms with Crippen molar-refractivity contribution in [3.05, 3.63) is 49.1 Å². The first-order valence-corrected chi connectivity index (χ1v) is 12.5. The van der Waals surface area contributed by atoms with Crippen LogP contribution in [0.1, 0.15) is 64.2 Å². The van der Waals surface area contributed by atoms with E-state index in [2.05, 4.69) is 32.3 Å².